The molecule has 2 atom stereocenters. The van der Waals surface area contributed by atoms with Gasteiger partial charge in [0.2, 0.25) is 5.91 Å². The number of aryl methyl sites for hydroxylation is 1. The van der Waals surface area contributed by atoms with Crippen LogP contribution in [-0.4, -0.2) is 41.9 Å². The van der Waals surface area contributed by atoms with Crippen molar-refractivity contribution in [3.05, 3.63) is 34.9 Å². The summed E-state index contributed by atoms with van der Waals surface area (Å²) in [5.41, 5.74) is -6.75. The fraction of sp³-hybridized carbons (Fsp3) is 0.611. The van der Waals surface area contributed by atoms with E-state index in [0.717, 1.165) is 11.0 Å². The molecule has 0 saturated carbocycles. The van der Waals surface area contributed by atoms with Crippen LogP contribution in [-0.2, 0) is 16.9 Å². The Bertz CT molecular complexity index is 812. The Morgan fingerprint density at radius 3 is 2.07 bits per heavy atom. The van der Waals surface area contributed by atoms with Gasteiger partial charge in [0.1, 0.15) is 6.42 Å². The van der Waals surface area contributed by atoms with E-state index in [1.165, 1.54) is 0 Å². The van der Waals surface area contributed by atoms with Gasteiger partial charge < -0.3 is 4.90 Å². The zero-order valence-corrected chi connectivity index (χ0v) is 15.1. The number of halogens is 10. The maximum absolute atomic E-state index is 14.3. The van der Waals surface area contributed by atoms with Crippen molar-refractivity contribution in [1.29, 1.82) is 0 Å². The van der Waals surface area contributed by atoms with Crippen molar-refractivity contribution >= 4 is 5.91 Å². The van der Waals surface area contributed by atoms with Gasteiger partial charge in [0.05, 0.1) is 0 Å². The largest absolute Gasteiger partial charge is 0.435 e. The summed E-state index contributed by atoms with van der Waals surface area (Å²) in [7, 11) is 0. The van der Waals surface area contributed by atoms with Crippen LogP contribution >= 0.6 is 0 Å². The van der Waals surface area contributed by atoms with Crippen LogP contribution in [0.1, 0.15) is 41.9 Å². The molecule has 2 aliphatic rings. The molecule has 0 aromatic heterocycles. The number of hydrogen-bond donors (Lipinski definition) is 0. The molecule has 0 radical (unpaired) electrons. The molecular formula is C18H15F10NO. The molecule has 1 aromatic carbocycles. The minimum absolute atomic E-state index is 0.0103. The summed E-state index contributed by atoms with van der Waals surface area (Å²) in [6, 6.07) is 1.23. The fourth-order valence-corrected chi connectivity index (χ4v) is 4.35. The number of carbonyl (C=O) groups is 1. The van der Waals surface area contributed by atoms with E-state index >= 15 is 0 Å². The first-order chi connectivity index (χ1) is 13.6. The molecule has 12 heteroatoms. The normalized spacial score (nSPS) is 22.7. The van der Waals surface area contributed by atoms with Crippen molar-refractivity contribution in [2.75, 3.05) is 6.54 Å². The second-order valence-corrected chi connectivity index (χ2v) is 7.45. The maximum atomic E-state index is 14.3. The van der Waals surface area contributed by atoms with Crippen molar-refractivity contribution in [1.82, 2.24) is 4.90 Å². The average Bonchev–Trinajstić information content (AvgIpc) is 3.01. The van der Waals surface area contributed by atoms with Crippen LogP contribution < -0.4 is 0 Å². The first kappa shape index (κ1) is 22.7. The molecule has 1 aliphatic carbocycles. The lowest BCUT2D eigenvalue weighted by Crippen LogP contribution is -2.50. The molecule has 1 fully saturated rings. The molecular weight excluding hydrogens is 436 g/mol. The molecule has 2 nitrogen and oxygen atoms in total. The number of hydrogen-bond acceptors (Lipinski definition) is 1. The van der Waals surface area contributed by atoms with Gasteiger partial charge in [-0.15, -0.1) is 0 Å². The molecule has 30 heavy (non-hydrogen) atoms. The number of nitrogens with zero attached hydrogens (tertiary/aromatic N) is 1. The van der Waals surface area contributed by atoms with Crippen LogP contribution in [0, 0.1) is 0 Å². The molecule has 1 saturated heterocycles. The lowest BCUT2D eigenvalue weighted by Gasteiger charge is -2.35. The summed E-state index contributed by atoms with van der Waals surface area (Å²) in [5, 5.41) is 0. The standard InChI is InChI=1S/C18H15F10NO/c19-15(20,21)8-14(30)29-6-5-12-11-3-2-10(7-9(11)1-4-13(12)29)16(22,17(23,24)25)18(26,27)28/h2-3,7,12-13H,1,4-6,8H2/t12-,13+/m0/s1. The zero-order valence-electron chi connectivity index (χ0n) is 15.1. The van der Waals surface area contributed by atoms with E-state index in [1.54, 1.807) is 0 Å². The first-order valence-electron chi connectivity index (χ1n) is 8.88. The van der Waals surface area contributed by atoms with Crippen molar-refractivity contribution < 1.29 is 48.7 Å². The van der Waals surface area contributed by atoms with Crippen LogP contribution in [0.2, 0.25) is 0 Å². The molecule has 3 rings (SSSR count). The van der Waals surface area contributed by atoms with Gasteiger partial charge in [-0.05, 0) is 30.4 Å². The highest BCUT2D eigenvalue weighted by Crippen LogP contribution is 2.54. The molecule has 0 N–H and O–H groups in total. The first-order valence-corrected chi connectivity index (χ1v) is 8.88. The molecule has 0 unspecified atom stereocenters. The molecule has 0 spiro atoms. The van der Waals surface area contributed by atoms with Gasteiger partial charge in [0.25, 0.3) is 0 Å². The highest BCUT2D eigenvalue weighted by Gasteiger charge is 2.73. The molecule has 1 amide bonds. The third-order valence-corrected chi connectivity index (χ3v) is 5.65. The van der Waals surface area contributed by atoms with Crippen LogP contribution in [0.5, 0.6) is 0 Å². The highest BCUT2D eigenvalue weighted by atomic mass is 19.4. The zero-order chi connectivity index (χ0) is 22.7. The SMILES string of the molecule is O=C(CC(F)(F)F)N1CC[C@H]2c3ccc(C(F)(C(F)(F)F)C(F)(F)F)cc3CC[C@H]21. The van der Waals surface area contributed by atoms with Crippen LogP contribution in [0.4, 0.5) is 43.9 Å². The van der Waals surface area contributed by atoms with Gasteiger partial charge in [-0.25, -0.2) is 4.39 Å². The molecule has 1 aliphatic heterocycles. The Labute approximate surface area is 163 Å². The third-order valence-electron chi connectivity index (χ3n) is 5.65. The monoisotopic (exact) mass is 451 g/mol. The number of alkyl halides is 10. The number of likely N-dealkylation sites (tertiary alicyclic amines) is 1. The van der Waals surface area contributed by atoms with Gasteiger partial charge in [-0.1, -0.05) is 18.2 Å². The maximum Gasteiger partial charge on any atom is 0.435 e. The third kappa shape index (κ3) is 3.73. The predicted octanol–water partition coefficient (Wildman–Crippen LogP) is 5.56. The Hall–Kier alpha value is -2.01. The van der Waals surface area contributed by atoms with Gasteiger partial charge in [-0.2, -0.15) is 39.5 Å². The lowest BCUT2D eigenvalue weighted by atomic mass is 9.77. The Balaban J connectivity index is 1.92. The molecule has 0 bridgehead atoms. The number of benzene rings is 1. The number of carbonyl (C=O) groups excluding carboxylic acids is 1. The fourth-order valence-electron chi connectivity index (χ4n) is 4.35. The smallest absolute Gasteiger partial charge is 0.339 e. The van der Waals surface area contributed by atoms with Gasteiger partial charge in [-0.3, -0.25) is 4.79 Å². The number of amides is 1. The van der Waals surface area contributed by atoms with E-state index in [1.807, 2.05) is 0 Å². The van der Waals surface area contributed by atoms with E-state index in [-0.39, 0.29) is 31.4 Å². The second kappa shape index (κ2) is 7.01. The topological polar surface area (TPSA) is 20.3 Å². The molecule has 1 heterocycles. The van der Waals surface area contributed by atoms with E-state index in [2.05, 4.69) is 0 Å². The quantitative estimate of drug-likeness (QED) is 0.540. The van der Waals surface area contributed by atoms with Crippen molar-refractivity contribution in [2.24, 2.45) is 0 Å². The summed E-state index contributed by atoms with van der Waals surface area (Å²) in [6.07, 6.45) is -18.6. The van der Waals surface area contributed by atoms with Crippen LogP contribution in [0.25, 0.3) is 0 Å². The minimum Gasteiger partial charge on any atom is -0.339 e. The minimum atomic E-state index is -6.23. The van der Waals surface area contributed by atoms with Crippen LogP contribution in [0.3, 0.4) is 0 Å². The Kier molecular flexibility index (Phi) is 5.30. The van der Waals surface area contributed by atoms with Gasteiger partial charge in [0.15, 0.2) is 0 Å². The predicted molar refractivity (Wildman–Crippen MR) is 83.2 cm³/mol. The van der Waals surface area contributed by atoms with Crippen molar-refractivity contribution in [3.8, 4) is 0 Å². The summed E-state index contributed by atoms with van der Waals surface area (Å²) < 4.78 is 130. The summed E-state index contributed by atoms with van der Waals surface area (Å²) in [6.45, 7) is -0.0103. The summed E-state index contributed by atoms with van der Waals surface area (Å²) in [5.74, 6) is -1.67. The van der Waals surface area contributed by atoms with E-state index in [9.17, 15) is 48.7 Å². The van der Waals surface area contributed by atoms with Crippen molar-refractivity contribution in [3.63, 3.8) is 0 Å². The Morgan fingerprint density at radius 2 is 1.53 bits per heavy atom. The van der Waals surface area contributed by atoms with Gasteiger partial charge in [0, 0.05) is 24.1 Å². The molecule has 1 aromatic rings. The second-order valence-electron chi connectivity index (χ2n) is 7.45. The average molecular weight is 451 g/mol. The number of rotatable bonds is 2. The van der Waals surface area contributed by atoms with Crippen molar-refractivity contribution in [2.45, 2.75) is 61.8 Å². The lowest BCUT2D eigenvalue weighted by molar-refractivity contribution is -0.348. The Morgan fingerprint density at radius 1 is 0.933 bits per heavy atom. The van der Waals surface area contributed by atoms with Crippen LogP contribution in [0.15, 0.2) is 18.2 Å². The molecule has 168 valence electrons. The van der Waals surface area contributed by atoms with Gasteiger partial charge >= 0.3 is 24.2 Å². The van der Waals surface area contributed by atoms with E-state index < -0.39 is 54.0 Å². The summed E-state index contributed by atoms with van der Waals surface area (Å²) >= 11 is 0. The number of fused-ring (bicyclic) bond motifs is 3. The summed E-state index contributed by atoms with van der Waals surface area (Å²) in [4.78, 5) is 13.0. The van der Waals surface area contributed by atoms with E-state index in [0.29, 0.717) is 17.7 Å². The van der Waals surface area contributed by atoms with E-state index in [4.69, 9.17) is 0 Å². The highest BCUT2D eigenvalue weighted by molar-refractivity contribution is 5.78.